The molecule has 0 aliphatic carbocycles. The number of nitrogens with one attached hydrogen (secondary N) is 2. The number of aromatic amines is 1. The van der Waals surface area contributed by atoms with Gasteiger partial charge in [-0.1, -0.05) is 0 Å². The lowest BCUT2D eigenvalue weighted by Crippen LogP contribution is -2.54. The summed E-state index contributed by atoms with van der Waals surface area (Å²) in [5.41, 5.74) is 0.830. The van der Waals surface area contributed by atoms with Crippen LogP contribution in [0, 0.1) is 0 Å². The van der Waals surface area contributed by atoms with Crippen molar-refractivity contribution in [2.45, 2.75) is 52.9 Å². The molecule has 4 rings (SSSR count). The topological polar surface area (TPSA) is 101 Å². The Bertz CT molecular complexity index is 1140. The Balaban J connectivity index is 1.75. The Kier molecular flexibility index (Phi) is 4.99. The fourth-order valence-corrected chi connectivity index (χ4v) is 3.90. The van der Waals surface area contributed by atoms with Crippen LogP contribution in [0.5, 0.6) is 0 Å². The third-order valence-electron chi connectivity index (χ3n) is 5.57. The van der Waals surface area contributed by atoms with Crippen molar-refractivity contribution in [1.82, 2.24) is 29.4 Å². The molecule has 1 aliphatic rings. The fourth-order valence-electron chi connectivity index (χ4n) is 3.90. The number of piperazine rings is 1. The first-order valence-corrected chi connectivity index (χ1v) is 10.1. The lowest BCUT2D eigenvalue weighted by atomic mass is 10.1. The normalized spacial score (nSPS) is 19.8. The Hall–Kier alpha value is -2.94. The van der Waals surface area contributed by atoms with Gasteiger partial charge >= 0.3 is 5.69 Å². The van der Waals surface area contributed by atoms with Gasteiger partial charge in [-0.25, -0.2) is 14.8 Å². The van der Waals surface area contributed by atoms with Crippen LogP contribution in [0.15, 0.2) is 27.9 Å². The smallest absolute Gasteiger partial charge is 0.332 e. The molecule has 3 aromatic rings. The van der Waals surface area contributed by atoms with Gasteiger partial charge in [0.05, 0.1) is 0 Å². The average molecular weight is 397 g/mol. The summed E-state index contributed by atoms with van der Waals surface area (Å²) in [5, 5.41) is 3.47. The second-order valence-electron chi connectivity index (χ2n) is 7.58. The predicted octanol–water partition coefficient (Wildman–Crippen LogP) is 1.17. The molecule has 1 saturated heterocycles. The molecule has 154 valence electrons. The number of hydrogen-bond acceptors (Lipinski definition) is 6. The number of imidazole rings is 1. The van der Waals surface area contributed by atoms with Gasteiger partial charge in [-0.2, -0.15) is 0 Å². The Morgan fingerprint density at radius 3 is 2.55 bits per heavy atom. The van der Waals surface area contributed by atoms with Crippen LogP contribution in [0.1, 0.15) is 27.7 Å². The largest absolute Gasteiger partial charge is 0.351 e. The van der Waals surface area contributed by atoms with Crippen LogP contribution in [0.3, 0.4) is 0 Å². The highest BCUT2D eigenvalue weighted by molar-refractivity contribution is 5.75. The molecule has 2 atom stereocenters. The second kappa shape index (κ2) is 7.47. The first-order chi connectivity index (χ1) is 13.9. The van der Waals surface area contributed by atoms with Crippen LogP contribution in [-0.2, 0) is 13.1 Å². The lowest BCUT2D eigenvalue weighted by Gasteiger charge is -2.38. The maximum absolute atomic E-state index is 12.7. The van der Waals surface area contributed by atoms with Crippen molar-refractivity contribution in [2.24, 2.45) is 0 Å². The SMILES string of the molecule is CCn1c(=O)c2[nH]c(-c3ccc(N4C[C@H](C)NC[C@H]4C)nc3)nc2n(CC)c1=O. The van der Waals surface area contributed by atoms with Crippen LogP contribution in [0.2, 0.25) is 0 Å². The van der Waals surface area contributed by atoms with E-state index in [4.69, 9.17) is 0 Å². The van der Waals surface area contributed by atoms with Gasteiger partial charge < -0.3 is 15.2 Å². The monoisotopic (exact) mass is 397 g/mol. The summed E-state index contributed by atoms with van der Waals surface area (Å²) in [7, 11) is 0. The van der Waals surface area contributed by atoms with Gasteiger partial charge in [-0.3, -0.25) is 13.9 Å². The fraction of sp³-hybridized carbons (Fsp3) is 0.500. The van der Waals surface area contributed by atoms with Crippen LogP contribution in [0.25, 0.3) is 22.6 Å². The lowest BCUT2D eigenvalue weighted by molar-refractivity contribution is 0.422. The van der Waals surface area contributed by atoms with Gasteiger partial charge in [0, 0.05) is 50.0 Å². The summed E-state index contributed by atoms with van der Waals surface area (Å²) in [6.45, 7) is 10.6. The zero-order valence-electron chi connectivity index (χ0n) is 17.3. The van der Waals surface area contributed by atoms with E-state index in [0.717, 1.165) is 24.5 Å². The summed E-state index contributed by atoms with van der Waals surface area (Å²) in [6, 6.07) is 4.71. The number of nitrogens with zero attached hydrogens (tertiary/aromatic N) is 5. The van der Waals surface area contributed by atoms with Gasteiger partial charge in [0.25, 0.3) is 5.56 Å². The van der Waals surface area contributed by atoms with Crippen molar-refractivity contribution in [3.05, 3.63) is 39.2 Å². The van der Waals surface area contributed by atoms with E-state index in [1.54, 1.807) is 13.1 Å². The van der Waals surface area contributed by atoms with Crippen molar-refractivity contribution >= 4 is 17.0 Å². The highest BCUT2D eigenvalue weighted by Crippen LogP contribution is 2.22. The van der Waals surface area contributed by atoms with E-state index in [2.05, 4.69) is 39.0 Å². The molecule has 0 bridgehead atoms. The van der Waals surface area contributed by atoms with E-state index < -0.39 is 0 Å². The molecule has 0 spiro atoms. The summed E-state index contributed by atoms with van der Waals surface area (Å²) in [6.07, 6.45) is 1.76. The van der Waals surface area contributed by atoms with Crippen LogP contribution < -0.4 is 21.5 Å². The van der Waals surface area contributed by atoms with E-state index in [1.807, 2.05) is 19.1 Å². The molecule has 4 heterocycles. The molecule has 2 N–H and O–H groups in total. The van der Waals surface area contributed by atoms with Gasteiger partial charge in [-0.05, 0) is 39.8 Å². The molecule has 0 unspecified atom stereocenters. The quantitative estimate of drug-likeness (QED) is 0.686. The number of aryl methyl sites for hydroxylation is 1. The zero-order chi connectivity index (χ0) is 20.7. The van der Waals surface area contributed by atoms with E-state index in [1.165, 1.54) is 9.13 Å². The first-order valence-electron chi connectivity index (χ1n) is 10.1. The highest BCUT2D eigenvalue weighted by Gasteiger charge is 2.23. The Morgan fingerprint density at radius 1 is 1.14 bits per heavy atom. The number of rotatable bonds is 4. The predicted molar refractivity (Wildman–Crippen MR) is 113 cm³/mol. The number of fused-ring (bicyclic) bond motifs is 1. The molecule has 9 heteroatoms. The molecule has 29 heavy (non-hydrogen) atoms. The van der Waals surface area contributed by atoms with Crippen LogP contribution in [0.4, 0.5) is 5.82 Å². The Morgan fingerprint density at radius 2 is 1.90 bits per heavy atom. The van der Waals surface area contributed by atoms with E-state index in [-0.39, 0.29) is 11.2 Å². The minimum atomic E-state index is -0.343. The molecule has 1 aliphatic heterocycles. The second-order valence-corrected chi connectivity index (χ2v) is 7.58. The van der Waals surface area contributed by atoms with Gasteiger partial charge in [0.1, 0.15) is 17.2 Å². The summed E-state index contributed by atoms with van der Waals surface area (Å²) in [4.78, 5) is 39.8. The third kappa shape index (κ3) is 3.25. The molecule has 1 fully saturated rings. The Labute approximate surface area is 168 Å². The van der Waals surface area contributed by atoms with Gasteiger partial charge in [0.15, 0.2) is 5.65 Å². The number of H-pyrrole nitrogens is 1. The molecule has 9 nitrogen and oxygen atoms in total. The zero-order valence-corrected chi connectivity index (χ0v) is 17.3. The minimum Gasteiger partial charge on any atom is -0.351 e. The highest BCUT2D eigenvalue weighted by atomic mass is 16.2. The van der Waals surface area contributed by atoms with E-state index in [9.17, 15) is 9.59 Å². The van der Waals surface area contributed by atoms with Crippen LogP contribution in [-0.4, -0.2) is 49.3 Å². The van der Waals surface area contributed by atoms with Crippen molar-refractivity contribution in [3.8, 4) is 11.4 Å². The molecule has 0 aromatic carbocycles. The number of aromatic nitrogens is 5. The standard InChI is InChI=1S/C20H27N7O2/c1-5-25-18-16(19(28)26(6-2)20(25)29)23-17(24-18)14-7-8-15(22-10-14)27-11-12(3)21-9-13(27)4/h7-8,10,12-13,21H,5-6,9,11H2,1-4H3,(H,23,24)/t12-,13+/m0/s1. The number of pyridine rings is 1. The molecule has 0 amide bonds. The number of anilines is 1. The number of hydrogen-bond donors (Lipinski definition) is 2. The molecule has 3 aromatic heterocycles. The third-order valence-corrected chi connectivity index (χ3v) is 5.57. The van der Waals surface area contributed by atoms with Gasteiger partial charge in [-0.15, -0.1) is 0 Å². The summed E-state index contributed by atoms with van der Waals surface area (Å²) in [5.74, 6) is 1.46. The molecular weight excluding hydrogens is 370 g/mol. The minimum absolute atomic E-state index is 0.319. The molecular formula is C20H27N7O2. The van der Waals surface area contributed by atoms with Crippen molar-refractivity contribution in [3.63, 3.8) is 0 Å². The summed E-state index contributed by atoms with van der Waals surface area (Å²) < 4.78 is 2.74. The average Bonchev–Trinajstić information content (AvgIpc) is 3.16. The molecule has 0 radical (unpaired) electrons. The maximum atomic E-state index is 12.7. The maximum Gasteiger partial charge on any atom is 0.332 e. The van der Waals surface area contributed by atoms with Gasteiger partial charge in [0.2, 0.25) is 0 Å². The van der Waals surface area contributed by atoms with Crippen molar-refractivity contribution in [2.75, 3.05) is 18.0 Å². The first kappa shape index (κ1) is 19.4. The van der Waals surface area contributed by atoms with Crippen molar-refractivity contribution in [1.29, 1.82) is 0 Å². The van der Waals surface area contributed by atoms with Crippen LogP contribution >= 0.6 is 0 Å². The van der Waals surface area contributed by atoms with E-state index >= 15 is 0 Å². The molecule has 0 saturated carbocycles. The summed E-state index contributed by atoms with van der Waals surface area (Å²) >= 11 is 0. The van der Waals surface area contributed by atoms with E-state index in [0.29, 0.717) is 42.2 Å². The van der Waals surface area contributed by atoms with Crippen molar-refractivity contribution < 1.29 is 0 Å².